The van der Waals surface area contributed by atoms with Gasteiger partial charge in [0.15, 0.2) is 0 Å². The molecular formula is C21H29N5O. The summed E-state index contributed by atoms with van der Waals surface area (Å²) in [5, 5.41) is 3.28. The van der Waals surface area contributed by atoms with Gasteiger partial charge in [0.05, 0.1) is 0 Å². The zero-order valence-corrected chi connectivity index (χ0v) is 16.3. The topological polar surface area (TPSA) is 63.2 Å². The average molecular weight is 367 g/mol. The maximum Gasteiger partial charge on any atom is 0.228 e. The normalized spacial score (nSPS) is 21.9. The van der Waals surface area contributed by atoms with Crippen molar-refractivity contribution in [2.24, 2.45) is 0 Å². The first kappa shape index (κ1) is 18.3. The summed E-state index contributed by atoms with van der Waals surface area (Å²) in [5.41, 5.74) is 3.09. The van der Waals surface area contributed by atoms with Gasteiger partial charge in [-0.1, -0.05) is 6.07 Å². The highest BCUT2D eigenvalue weighted by Crippen LogP contribution is 2.29. The second-order valence-corrected chi connectivity index (χ2v) is 7.72. The molecule has 2 fully saturated rings. The maximum atomic E-state index is 5.53. The van der Waals surface area contributed by atoms with Crippen LogP contribution in [0, 0.1) is 13.8 Å². The van der Waals surface area contributed by atoms with Crippen molar-refractivity contribution in [2.45, 2.75) is 51.5 Å². The molecule has 4 heterocycles. The molecule has 27 heavy (non-hydrogen) atoms. The molecule has 2 aliphatic rings. The minimum Gasteiger partial charge on any atom is -0.381 e. The zero-order valence-electron chi connectivity index (χ0n) is 16.3. The molecule has 0 amide bonds. The Morgan fingerprint density at radius 1 is 1.04 bits per heavy atom. The van der Waals surface area contributed by atoms with E-state index in [2.05, 4.69) is 32.3 Å². The van der Waals surface area contributed by atoms with Crippen molar-refractivity contribution in [1.82, 2.24) is 19.9 Å². The number of pyridine rings is 1. The third-order valence-corrected chi connectivity index (χ3v) is 5.57. The number of hydrogen-bond donors (Lipinski definition) is 1. The van der Waals surface area contributed by atoms with Gasteiger partial charge in [-0.3, -0.25) is 4.90 Å². The molecule has 6 nitrogen and oxygen atoms in total. The number of anilines is 2. The highest BCUT2D eigenvalue weighted by molar-refractivity contribution is 5.48. The molecule has 0 aromatic carbocycles. The predicted octanol–water partition coefficient (Wildman–Crippen LogP) is 3.59. The number of hydrogen-bond acceptors (Lipinski definition) is 6. The molecule has 2 aromatic rings. The van der Waals surface area contributed by atoms with Gasteiger partial charge in [0.1, 0.15) is 5.82 Å². The van der Waals surface area contributed by atoms with Gasteiger partial charge in [0.25, 0.3) is 0 Å². The second kappa shape index (κ2) is 8.31. The smallest absolute Gasteiger partial charge is 0.228 e. The van der Waals surface area contributed by atoms with Crippen LogP contribution in [0.4, 0.5) is 11.8 Å². The first-order valence-corrected chi connectivity index (χ1v) is 10.1. The Hall–Kier alpha value is -2.05. The highest BCUT2D eigenvalue weighted by atomic mass is 16.5. The van der Waals surface area contributed by atoms with Crippen molar-refractivity contribution in [3.63, 3.8) is 0 Å². The third kappa shape index (κ3) is 4.62. The van der Waals surface area contributed by atoms with Crippen LogP contribution < -0.4 is 5.32 Å². The van der Waals surface area contributed by atoms with Gasteiger partial charge >= 0.3 is 0 Å². The predicted molar refractivity (Wildman–Crippen MR) is 106 cm³/mol. The van der Waals surface area contributed by atoms with Crippen LogP contribution in [-0.4, -0.2) is 52.2 Å². The van der Waals surface area contributed by atoms with Crippen LogP contribution in [0.3, 0.4) is 0 Å². The molecule has 4 rings (SSSR count). The average Bonchev–Trinajstić information content (AvgIpc) is 2.68. The van der Waals surface area contributed by atoms with Crippen molar-refractivity contribution in [1.29, 1.82) is 0 Å². The highest BCUT2D eigenvalue weighted by Gasteiger charge is 2.28. The van der Waals surface area contributed by atoms with Gasteiger partial charge in [-0.25, -0.2) is 15.0 Å². The Kier molecular flexibility index (Phi) is 5.64. The lowest BCUT2D eigenvalue weighted by molar-refractivity contribution is 0.0238. The van der Waals surface area contributed by atoms with E-state index in [4.69, 9.17) is 9.72 Å². The van der Waals surface area contributed by atoms with Crippen molar-refractivity contribution in [3.05, 3.63) is 41.3 Å². The van der Waals surface area contributed by atoms with Crippen LogP contribution in [0.15, 0.2) is 24.3 Å². The van der Waals surface area contributed by atoms with Crippen molar-refractivity contribution in [3.8, 4) is 0 Å². The number of likely N-dealkylation sites (tertiary alicyclic amines) is 1. The van der Waals surface area contributed by atoms with E-state index in [0.717, 1.165) is 49.8 Å². The van der Waals surface area contributed by atoms with Crippen LogP contribution in [0.5, 0.6) is 0 Å². The van der Waals surface area contributed by atoms with Crippen LogP contribution in [0.25, 0.3) is 0 Å². The van der Waals surface area contributed by atoms with Crippen LogP contribution in [0.2, 0.25) is 0 Å². The molecule has 0 spiro atoms. The summed E-state index contributed by atoms with van der Waals surface area (Å²) >= 11 is 0. The SMILES string of the molecule is Cc1cc(C)nc(Nc2cccc([C@H]3CCCN(C4CCOCC4)C3)n2)n1. The van der Waals surface area contributed by atoms with Crippen molar-refractivity contribution in [2.75, 3.05) is 31.6 Å². The molecule has 0 bridgehead atoms. The summed E-state index contributed by atoms with van der Waals surface area (Å²) in [5.74, 6) is 1.92. The van der Waals surface area contributed by atoms with Crippen LogP contribution >= 0.6 is 0 Å². The van der Waals surface area contributed by atoms with Gasteiger partial charge < -0.3 is 10.1 Å². The molecule has 1 atom stereocenters. The second-order valence-electron chi connectivity index (χ2n) is 7.72. The Balaban J connectivity index is 1.46. The Labute approximate surface area is 161 Å². The molecule has 144 valence electrons. The lowest BCUT2D eigenvalue weighted by atomic mass is 9.92. The van der Waals surface area contributed by atoms with Gasteiger partial charge in [0, 0.05) is 48.8 Å². The van der Waals surface area contributed by atoms with Crippen LogP contribution in [-0.2, 0) is 4.74 Å². The molecule has 2 saturated heterocycles. The molecule has 0 saturated carbocycles. The summed E-state index contributed by atoms with van der Waals surface area (Å²) in [6.07, 6.45) is 4.76. The van der Waals surface area contributed by atoms with E-state index >= 15 is 0 Å². The fraction of sp³-hybridized carbons (Fsp3) is 0.571. The fourth-order valence-corrected chi connectivity index (χ4v) is 4.27. The lowest BCUT2D eigenvalue weighted by Crippen LogP contribution is -2.44. The molecule has 1 N–H and O–H groups in total. The van der Waals surface area contributed by atoms with E-state index in [9.17, 15) is 0 Å². The summed E-state index contributed by atoms with van der Waals surface area (Å²) in [6, 6.07) is 8.88. The number of piperidine rings is 1. The minimum atomic E-state index is 0.489. The van der Waals surface area contributed by atoms with Gasteiger partial charge in [-0.15, -0.1) is 0 Å². The van der Waals surface area contributed by atoms with E-state index < -0.39 is 0 Å². The quantitative estimate of drug-likeness (QED) is 0.891. The Bertz CT molecular complexity index is 755. The largest absolute Gasteiger partial charge is 0.381 e. The lowest BCUT2D eigenvalue weighted by Gasteiger charge is -2.39. The Morgan fingerprint density at radius 3 is 2.59 bits per heavy atom. The van der Waals surface area contributed by atoms with Crippen LogP contribution in [0.1, 0.15) is 48.7 Å². The first-order valence-electron chi connectivity index (χ1n) is 10.1. The summed E-state index contributed by atoms with van der Waals surface area (Å²) < 4.78 is 5.53. The first-order chi connectivity index (χ1) is 13.2. The fourth-order valence-electron chi connectivity index (χ4n) is 4.27. The van der Waals surface area contributed by atoms with E-state index in [1.807, 2.05) is 26.0 Å². The van der Waals surface area contributed by atoms with E-state index in [1.165, 1.54) is 25.1 Å². The number of aromatic nitrogens is 3. The molecule has 0 radical (unpaired) electrons. The van der Waals surface area contributed by atoms with Crippen molar-refractivity contribution >= 4 is 11.8 Å². The molecule has 2 aliphatic heterocycles. The maximum absolute atomic E-state index is 5.53. The summed E-state index contributed by atoms with van der Waals surface area (Å²) in [6.45, 7) is 8.07. The molecule has 0 aliphatic carbocycles. The monoisotopic (exact) mass is 367 g/mol. The number of nitrogens with zero attached hydrogens (tertiary/aromatic N) is 4. The van der Waals surface area contributed by atoms with Gasteiger partial charge in [-0.05, 0) is 64.3 Å². The third-order valence-electron chi connectivity index (χ3n) is 5.57. The number of nitrogens with one attached hydrogen (secondary N) is 1. The van der Waals surface area contributed by atoms with E-state index in [1.54, 1.807) is 0 Å². The molecule has 6 heteroatoms. The van der Waals surface area contributed by atoms with Crippen molar-refractivity contribution < 1.29 is 4.74 Å². The van der Waals surface area contributed by atoms with Gasteiger partial charge in [0.2, 0.25) is 5.95 Å². The molecule has 2 aromatic heterocycles. The number of rotatable bonds is 4. The van der Waals surface area contributed by atoms with Gasteiger partial charge in [-0.2, -0.15) is 0 Å². The Morgan fingerprint density at radius 2 is 1.81 bits per heavy atom. The summed E-state index contributed by atoms with van der Waals surface area (Å²) in [7, 11) is 0. The molecule has 0 unspecified atom stereocenters. The summed E-state index contributed by atoms with van der Waals surface area (Å²) in [4.78, 5) is 16.5. The molecular weight excluding hydrogens is 338 g/mol. The minimum absolute atomic E-state index is 0.489. The standard InChI is InChI=1S/C21H29N5O/c1-15-13-16(2)23-21(22-15)25-20-7-3-6-19(24-20)17-5-4-10-26(14-17)18-8-11-27-12-9-18/h3,6-7,13,17-18H,4-5,8-12,14H2,1-2H3,(H,22,23,24,25)/t17-/m0/s1. The zero-order chi connectivity index (χ0) is 18.6. The van der Waals surface area contributed by atoms with E-state index in [0.29, 0.717) is 17.9 Å². The number of ether oxygens (including phenoxy) is 1. The number of aryl methyl sites for hydroxylation is 2. The van der Waals surface area contributed by atoms with E-state index in [-0.39, 0.29) is 0 Å².